The first-order chi connectivity index (χ1) is 9.99. The summed E-state index contributed by atoms with van der Waals surface area (Å²) in [5.41, 5.74) is 0. The van der Waals surface area contributed by atoms with E-state index in [1.54, 1.807) is 18.1 Å². The molecule has 3 heterocycles. The lowest BCUT2D eigenvalue weighted by molar-refractivity contribution is -0.130. The minimum Gasteiger partial charge on any atom is -0.335 e. The molecule has 1 aromatic heterocycles. The monoisotopic (exact) mass is 290 g/mol. The van der Waals surface area contributed by atoms with Crippen LogP contribution in [0.2, 0.25) is 0 Å². The fraction of sp³-hybridized carbons (Fsp3) is 0.667. The van der Waals surface area contributed by atoms with Crippen molar-refractivity contribution in [3.8, 4) is 0 Å². The predicted molar refractivity (Wildman–Crippen MR) is 77.6 cm³/mol. The topological polar surface area (TPSA) is 58.4 Å². The quantitative estimate of drug-likeness (QED) is 0.793. The van der Waals surface area contributed by atoms with Crippen LogP contribution in [-0.2, 0) is 17.8 Å². The van der Waals surface area contributed by atoms with Crippen molar-refractivity contribution in [1.82, 2.24) is 19.4 Å². The van der Waals surface area contributed by atoms with Crippen LogP contribution in [0.4, 0.5) is 4.79 Å². The van der Waals surface area contributed by atoms with E-state index < -0.39 is 0 Å². The van der Waals surface area contributed by atoms with Crippen LogP contribution in [-0.4, -0.2) is 50.4 Å². The third-order valence-corrected chi connectivity index (χ3v) is 4.48. The van der Waals surface area contributed by atoms with Gasteiger partial charge < -0.3 is 9.47 Å². The van der Waals surface area contributed by atoms with Gasteiger partial charge in [-0.15, -0.1) is 0 Å². The van der Waals surface area contributed by atoms with E-state index in [2.05, 4.69) is 23.4 Å². The molecule has 1 unspecified atom stereocenters. The minimum absolute atomic E-state index is 0.0405. The molecule has 3 rings (SSSR count). The number of urea groups is 1. The van der Waals surface area contributed by atoms with Gasteiger partial charge in [-0.05, 0) is 18.8 Å². The molecule has 2 atom stereocenters. The fourth-order valence-corrected chi connectivity index (χ4v) is 3.32. The van der Waals surface area contributed by atoms with E-state index in [1.807, 2.05) is 6.20 Å². The molecule has 6 heteroatoms. The Bertz CT molecular complexity index is 566. The second kappa shape index (κ2) is 5.16. The summed E-state index contributed by atoms with van der Waals surface area (Å²) in [5.74, 6) is 1.31. The molecule has 0 radical (unpaired) electrons. The molecule has 0 aliphatic carbocycles. The number of amides is 3. The van der Waals surface area contributed by atoms with Gasteiger partial charge in [0.05, 0.1) is 6.04 Å². The van der Waals surface area contributed by atoms with Gasteiger partial charge in [0, 0.05) is 32.4 Å². The molecule has 0 aromatic carbocycles. The van der Waals surface area contributed by atoms with Gasteiger partial charge in [0.25, 0.3) is 5.91 Å². The summed E-state index contributed by atoms with van der Waals surface area (Å²) in [6.45, 7) is 4.97. The van der Waals surface area contributed by atoms with Crippen molar-refractivity contribution in [3.05, 3.63) is 18.2 Å². The Morgan fingerprint density at radius 2 is 2.14 bits per heavy atom. The summed E-state index contributed by atoms with van der Waals surface area (Å²) in [6, 6.07) is -0.519. The van der Waals surface area contributed by atoms with Crippen LogP contribution < -0.4 is 0 Å². The van der Waals surface area contributed by atoms with E-state index in [0.29, 0.717) is 12.3 Å². The Morgan fingerprint density at radius 1 is 1.38 bits per heavy atom. The highest BCUT2D eigenvalue weighted by molar-refractivity contribution is 6.04. The molecule has 0 N–H and O–H groups in total. The molecule has 2 aliphatic heterocycles. The predicted octanol–water partition coefficient (Wildman–Crippen LogP) is 1.51. The number of fused-ring (bicyclic) bond motifs is 1. The standard InChI is InChI=1S/C15H22N4O2/c1-10(2)8-12-14(20)19(15(21)17(12)3)11-4-6-18-7-5-16-13(18)9-11/h5,7,10-12H,4,6,8-9H2,1-3H3/t11?,12-/m0/s1. The number of imide groups is 1. The van der Waals surface area contributed by atoms with Gasteiger partial charge >= 0.3 is 6.03 Å². The summed E-state index contributed by atoms with van der Waals surface area (Å²) < 4.78 is 2.09. The number of carbonyl (C=O) groups excluding carboxylic acids is 2. The van der Waals surface area contributed by atoms with Crippen LogP contribution in [0.15, 0.2) is 12.4 Å². The average molecular weight is 290 g/mol. The Labute approximate surface area is 124 Å². The highest BCUT2D eigenvalue weighted by atomic mass is 16.2. The number of hydrogen-bond acceptors (Lipinski definition) is 3. The number of nitrogens with zero attached hydrogens (tertiary/aromatic N) is 4. The zero-order chi connectivity index (χ0) is 15.1. The largest absolute Gasteiger partial charge is 0.335 e. The van der Waals surface area contributed by atoms with E-state index >= 15 is 0 Å². The number of hydrogen-bond donors (Lipinski definition) is 0. The Balaban J connectivity index is 1.80. The number of carbonyl (C=O) groups is 2. The summed E-state index contributed by atoms with van der Waals surface area (Å²) in [6.07, 6.45) is 5.92. The number of aryl methyl sites for hydroxylation is 1. The molecule has 1 aromatic rings. The molecule has 1 saturated heterocycles. The van der Waals surface area contributed by atoms with Gasteiger partial charge in [-0.25, -0.2) is 9.78 Å². The molecule has 2 aliphatic rings. The maximum atomic E-state index is 12.6. The highest BCUT2D eigenvalue weighted by Crippen LogP contribution is 2.27. The first-order valence-electron chi connectivity index (χ1n) is 7.59. The smallest absolute Gasteiger partial charge is 0.327 e. The van der Waals surface area contributed by atoms with Crippen LogP contribution in [0.3, 0.4) is 0 Å². The second-order valence-corrected chi connectivity index (χ2v) is 6.43. The van der Waals surface area contributed by atoms with E-state index in [9.17, 15) is 9.59 Å². The first kappa shape index (κ1) is 14.1. The zero-order valence-corrected chi connectivity index (χ0v) is 12.8. The van der Waals surface area contributed by atoms with Crippen molar-refractivity contribution in [1.29, 1.82) is 0 Å². The van der Waals surface area contributed by atoms with Crippen molar-refractivity contribution >= 4 is 11.9 Å². The lowest BCUT2D eigenvalue weighted by atomic mass is 10.0. The first-order valence-corrected chi connectivity index (χ1v) is 7.59. The van der Waals surface area contributed by atoms with E-state index in [1.165, 1.54) is 4.90 Å². The highest BCUT2D eigenvalue weighted by Gasteiger charge is 2.46. The molecule has 0 spiro atoms. The van der Waals surface area contributed by atoms with Crippen molar-refractivity contribution in [2.75, 3.05) is 7.05 Å². The number of aromatic nitrogens is 2. The Morgan fingerprint density at radius 3 is 2.86 bits per heavy atom. The van der Waals surface area contributed by atoms with Gasteiger partial charge in [-0.3, -0.25) is 9.69 Å². The van der Waals surface area contributed by atoms with Crippen molar-refractivity contribution in [2.24, 2.45) is 5.92 Å². The van der Waals surface area contributed by atoms with Crippen LogP contribution in [0.25, 0.3) is 0 Å². The Kier molecular flexibility index (Phi) is 3.47. The lowest BCUT2D eigenvalue weighted by Gasteiger charge is -2.29. The maximum absolute atomic E-state index is 12.6. The van der Waals surface area contributed by atoms with E-state index in [-0.39, 0.29) is 24.0 Å². The molecule has 21 heavy (non-hydrogen) atoms. The SMILES string of the molecule is CC(C)C[C@H]1C(=O)N(C2CCn3ccnc3C2)C(=O)N1C. The van der Waals surface area contributed by atoms with Crippen LogP contribution in [0.1, 0.15) is 32.5 Å². The third-order valence-electron chi connectivity index (χ3n) is 4.48. The maximum Gasteiger partial charge on any atom is 0.327 e. The van der Waals surface area contributed by atoms with Crippen molar-refractivity contribution < 1.29 is 9.59 Å². The summed E-state index contributed by atoms with van der Waals surface area (Å²) >= 11 is 0. The van der Waals surface area contributed by atoms with Gasteiger partial charge in [-0.2, -0.15) is 0 Å². The summed E-state index contributed by atoms with van der Waals surface area (Å²) in [5, 5.41) is 0. The fourth-order valence-electron chi connectivity index (χ4n) is 3.32. The summed E-state index contributed by atoms with van der Waals surface area (Å²) in [7, 11) is 1.73. The lowest BCUT2D eigenvalue weighted by Crippen LogP contribution is -2.45. The number of likely N-dealkylation sites (N-methyl/N-ethyl adjacent to an activating group) is 1. The van der Waals surface area contributed by atoms with Crippen molar-refractivity contribution in [2.45, 2.75) is 51.7 Å². The van der Waals surface area contributed by atoms with Gasteiger partial charge in [0.2, 0.25) is 0 Å². The van der Waals surface area contributed by atoms with Crippen LogP contribution in [0, 0.1) is 5.92 Å². The van der Waals surface area contributed by atoms with Crippen LogP contribution in [0.5, 0.6) is 0 Å². The zero-order valence-electron chi connectivity index (χ0n) is 12.8. The van der Waals surface area contributed by atoms with Gasteiger partial charge in [-0.1, -0.05) is 13.8 Å². The average Bonchev–Trinajstić information content (AvgIpc) is 2.97. The van der Waals surface area contributed by atoms with E-state index in [4.69, 9.17) is 0 Å². The summed E-state index contributed by atoms with van der Waals surface area (Å²) in [4.78, 5) is 32.5. The molecule has 1 fully saturated rings. The van der Waals surface area contributed by atoms with Crippen molar-refractivity contribution in [3.63, 3.8) is 0 Å². The number of rotatable bonds is 3. The molecule has 0 saturated carbocycles. The van der Waals surface area contributed by atoms with Gasteiger partial charge in [0.1, 0.15) is 11.9 Å². The molecular weight excluding hydrogens is 268 g/mol. The normalized spacial score (nSPS) is 25.9. The molecular formula is C15H22N4O2. The Hall–Kier alpha value is -1.85. The van der Waals surface area contributed by atoms with Crippen LogP contribution >= 0.6 is 0 Å². The van der Waals surface area contributed by atoms with E-state index in [0.717, 1.165) is 25.2 Å². The molecule has 0 bridgehead atoms. The molecule has 6 nitrogen and oxygen atoms in total. The molecule has 114 valence electrons. The van der Waals surface area contributed by atoms with Gasteiger partial charge in [0.15, 0.2) is 0 Å². The second-order valence-electron chi connectivity index (χ2n) is 6.43. The molecule has 3 amide bonds. The minimum atomic E-state index is -0.306. The number of imidazole rings is 1. The third kappa shape index (κ3) is 2.32.